The van der Waals surface area contributed by atoms with E-state index in [1.807, 2.05) is 26.0 Å². The Morgan fingerprint density at radius 1 is 1.26 bits per heavy atom. The summed E-state index contributed by atoms with van der Waals surface area (Å²) in [5.41, 5.74) is 0.474. The number of phenolic OH excluding ortho intramolecular Hbond substituents is 1. The number of aromatic hydroxyl groups is 1. The second-order valence-corrected chi connectivity index (χ2v) is 10.1. The average molecular weight is 370 g/mol. The van der Waals surface area contributed by atoms with E-state index in [-0.39, 0.29) is 17.3 Å². The highest BCUT2D eigenvalue weighted by atomic mass is 16.6. The number of hydrogen-bond acceptors (Lipinski definition) is 3. The Labute approximate surface area is 163 Å². The van der Waals surface area contributed by atoms with Crippen LogP contribution in [0.25, 0.3) is 0 Å². The third kappa shape index (κ3) is 3.70. The predicted octanol–water partition coefficient (Wildman–Crippen LogP) is 5.77. The van der Waals surface area contributed by atoms with E-state index in [1.165, 1.54) is 24.8 Å². The molecule has 4 bridgehead atoms. The molecule has 0 aliphatic heterocycles. The third-order valence-electron chi connectivity index (χ3n) is 7.19. The molecular formula is C24H33O3+. The summed E-state index contributed by atoms with van der Waals surface area (Å²) in [7, 11) is 0. The average Bonchev–Trinajstić information content (AvgIpc) is 2.59. The van der Waals surface area contributed by atoms with Crippen LogP contribution in [0.2, 0.25) is 0 Å². The smallest absolute Gasteiger partial charge is 0.312 e. The number of hydrogen-bond donors (Lipinski definition) is 1. The first-order valence-corrected chi connectivity index (χ1v) is 10.6. The third-order valence-corrected chi connectivity index (χ3v) is 7.19. The standard InChI is InChI=1S/C24H32O3/c1-4-19(20-5-7-21(25)8-6-20)15-23(2,3)22(26)27-24-12-16-9-17(13-24)11-18(10-16)14-24/h5-8,16-17,19H,4,9-15H2,1-3H3/p+1. The Balaban J connectivity index is 1.45. The summed E-state index contributed by atoms with van der Waals surface area (Å²) in [6, 6.07) is 7.41. The second kappa shape index (κ2) is 6.76. The minimum Gasteiger partial charge on any atom is -0.508 e. The summed E-state index contributed by atoms with van der Waals surface area (Å²) >= 11 is 0. The molecule has 0 amide bonds. The van der Waals surface area contributed by atoms with Gasteiger partial charge in [-0.05, 0) is 69.6 Å². The monoisotopic (exact) mass is 369 g/mol. The van der Waals surface area contributed by atoms with Gasteiger partial charge in [-0.15, -0.1) is 0 Å². The minimum atomic E-state index is -0.507. The van der Waals surface area contributed by atoms with Gasteiger partial charge in [0.2, 0.25) is 0 Å². The summed E-state index contributed by atoms with van der Waals surface area (Å²) in [6.07, 6.45) is 8.78. The van der Waals surface area contributed by atoms with Crippen molar-refractivity contribution in [2.24, 2.45) is 17.3 Å². The highest BCUT2D eigenvalue weighted by Crippen LogP contribution is 2.58. The lowest BCUT2D eigenvalue weighted by atomic mass is 9.54. The quantitative estimate of drug-likeness (QED) is 0.511. The van der Waals surface area contributed by atoms with E-state index in [4.69, 9.17) is 4.74 Å². The van der Waals surface area contributed by atoms with Gasteiger partial charge in [0.05, 0.1) is 24.2 Å². The maximum atomic E-state index is 13.2. The fourth-order valence-electron chi connectivity index (χ4n) is 6.13. The molecule has 27 heavy (non-hydrogen) atoms. The summed E-state index contributed by atoms with van der Waals surface area (Å²) in [5, 5.41) is 9.55. The van der Waals surface area contributed by atoms with Crippen LogP contribution >= 0.6 is 0 Å². The normalized spacial score (nSPS) is 30.4. The fraction of sp³-hybridized carbons (Fsp3) is 0.667. The number of benzene rings is 1. The van der Waals surface area contributed by atoms with Crippen molar-refractivity contribution in [3.63, 3.8) is 0 Å². The van der Waals surface area contributed by atoms with E-state index in [0.29, 0.717) is 5.92 Å². The van der Waals surface area contributed by atoms with Crippen molar-refractivity contribution < 1.29 is 14.6 Å². The molecule has 0 heterocycles. The molecule has 4 aliphatic rings. The van der Waals surface area contributed by atoms with Crippen molar-refractivity contribution in [3.8, 4) is 5.75 Å². The lowest BCUT2D eigenvalue weighted by molar-refractivity contribution is -0.187. The van der Waals surface area contributed by atoms with Gasteiger partial charge < -0.3 is 9.84 Å². The van der Waals surface area contributed by atoms with Gasteiger partial charge in [0, 0.05) is 11.8 Å². The van der Waals surface area contributed by atoms with Gasteiger partial charge >= 0.3 is 5.97 Å². The van der Waals surface area contributed by atoms with Crippen LogP contribution in [-0.4, -0.2) is 16.7 Å². The summed E-state index contributed by atoms with van der Waals surface area (Å²) < 4.78 is 6.32. The number of ether oxygens (including phenoxy) is 1. The van der Waals surface area contributed by atoms with Crippen molar-refractivity contribution >= 4 is 5.97 Å². The van der Waals surface area contributed by atoms with Gasteiger partial charge in [0.25, 0.3) is 0 Å². The largest absolute Gasteiger partial charge is 0.508 e. The molecule has 3 nitrogen and oxygen atoms in total. The van der Waals surface area contributed by atoms with Gasteiger partial charge in [-0.25, -0.2) is 0 Å². The van der Waals surface area contributed by atoms with Crippen LogP contribution in [-0.2, 0) is 9.53 Å². The molecular weight excluding hydrogens is 336 g/mol. The van der Waals surface area contributed by atoms with Gasteiger partial charge in [-0.2, -0.15) is 0 Å². The van der Waals surface area contributed by atoms with Crippen LogP contribution in [0.4, 0.5) is 0 Å². The fourth-order valence-corrected chi connectivity index (χ4v) is 6.13. The maximum absolute atomic E-state index is 13.2. The molecule has 3 atom stereocenters. The molecule has 3 heteroatoms. The second-order valence-electron chi connectivity index (χ2n) is 10.1. The lowest BCUT2D eigenvalue weighted by Gasteiger charge is -2.50. The number of rotatable bonds is 6. The Hall–Kier alpha value is -1.64. The SMILES string of the molecule is CCC(CC(C)(C)C(=O)OC12C[C+]3CC(CC(C3)C1)C2)c1ccc(O)cc1. The molecule has 0 radical (unpaired) electrons. The Bertz CT molecular complexity index is 653. The molecule has 1 N–H and O–H groups in total. The molecule has 0 saturated heterocycles. The molecule has 1 aromatic rings. The molecule has 4 fully saturated rings. The van der Waals surface area contributed by atoms with Crippen LogP contribution < -0.4 is 0 Å². The van der Waals surface area contributed by atoms with Crippen molar-refractivity contribution in [3.05, 3.63) is 35.7 Å². The molecule has 1 aromatic carbocycles. The van der Waals surface area contributed by atoms with Gasteiger partial charge in [0.15, 0.2) is 5.60 Å². The summed E-state index contributed by atoms with van der Waals surface area (Å²) in [6.45, 7) is 6.23. The Morgan fingerprint density at radius 3 is 2.44 bits per heavy atom. The molecule has 4 aliphatic carbocycles. The first-order valence-electron chi connectivity index (χ1n) is 10.6. The summed E-state index contributed by atoms with van der Waals surface area (Å²) in [5.74, 6) is 3.69. The number of esters is 1. The highest BCUT2D eigenvalue weighted by molar-refractivity contribution is 5.76. The molecule has 0 spiro atoms. The number of carbonyl (C=O) groups excluding carboxylic acids is 1. The predicted molar refractivity (Wildman–Crippen MR) is 106 cm³/mol. The Kier molecular flexibility index (Phi) is 4.68. The Morgan fingerprint density at radius 2 is 1.89 bits per heavy atom. The van der Waals surface area contributed by atoms with E-state index in [9.17, 15) is 9.90 Å². The topological polar surface area (TPSA) is 46.5 Å². The first kappa shape index (κ1) is 18.7. The molecule has 4 saturated carbocycles. The molecule has 3 unspecified atom stereocenters. The van der Waals surface area contributed by atoms with Gasteiger partial charge in [-0.3, -0.25) is 4.79 Å². The van der Waals surface area contributed by atoms with Crippen molar-refractivity contribution in [1.29, 1.82) is 0 Å². The van der Waals surface area contributed by atoms with Crippen LogP contribution in [0.15, 0.2) is 24.3 Å². The van der Waals surface area contributed by atoms with E-state index in [2.05, 4.69) is 6.92 Å². The van der Waals surface area contributed by atoms with Crippen molar-refractivity contribution in [2.75, 3.05) is 0 Å². The van der Waals surface area contributed by atoms with Crippen LogP contribution in [0.1, 0.15) is 83.6 Å². The first-order chi connectivity index (χ1) is 12.8. The van der Waals surface area contributed by atoms with Crippen LogP contribution in [0, 0.1) is 23.2 Å². The van der Waals surface area contributed by atoms with Gasteiger partial charge in [-0.1, -0.05) is 19.1 Å². The molecule has 0 aromatic heterocycles. The van der Waals surface area contributed by atoms with E-state index in [1.54, 1.807) is 18.1 Å². The van der Waals surface area contributed by atoms with Crippen LogP contribution in [0.3, 0.4) is 0 Å². The van der Waals surface area contributed by atoms with Gasteiger partial charge in [0.1, 0.15) is 12.2 Å². The van der Waals surface area contributed by atoms with Crippen molar-refractivity contribution in [2.45, 2.75) is 83.7 Å². The van der Waals surface area contributed by atoms with E-state index >= 15 is 0 Å². The molecule has 146 valence electrons. The highest BCUT2D eigenvalue weighted by Gasteiger charge is 2.59. The number of phenols is 1. The zero-order valence-electron chi connectivity index (χ0n) is 17.0. The lowest BCUT2D eigenvalue weighted by Crippen LogP contribution is -2.53. The van der Waals surface area contributed by atoms with E-state index < -0.39 is 5.41 Å². The van der Waals surface area contributed by atoms with Crippen LogP contribution in [0.5, 0.6) is 5.75 Å². The van der Waals surface area contributed by atoms with Crippen molar-refractivity contribution in [1.82, 2.24) is 0 Å². The number of carbonyl (C=O) groups is 1. The zero-order chi connectivity index (χ0) is 19.2. The molecule has 5 rings (SSSR count). The summed E-state index contributed by atoms with van der Waals surface area (Å²) in [4.78, 5) is 13.2. The zero-order valence-corrected chi connectivity index (χ0v) is 17.0. The van der Waals surface area contributed by atoms with E-state index in [0.717, 1.165) is 43.9 Å². The maximum Gasteiger partial charge on any atom is 0.312 e. The minimum absolute atomic E-state index is 0.0257.